The molecular weight excluding hydrogens is 381 g/mol. The van der Waals surface area contributed by atoms with Crippen LogP contribution in [0.5, 0.6) is 0 Å². The van der Waals surface area contributed by atoms with Crippen LogP contribution in [0.25, 0.3) is 5.57 Å². The van der Waals surface area contributed by atoms with E-state index in [0.29, 0.717) is 25.5 Å². The van der Waals surface area contributed by atoms with Gasteiger partial charge in [0.25, 0.3) is 0 Å². The molecule has 0 spiro atoms. The Balaban J connectivity index is 1.67. The number of hydrogen-bond acceptors (Lipinski definition) is 2. The van der Waals surface area contributed by atoms with Gasteiger partial charge in [-0.3, -0.25) is 9.59 Å². The third-order valence-corrected chi connectivity index (χ3v) is 5.71. The smallest absolute Gasteiger partial charge is 0.353 e. The van der Waals surface area contributed by atoms with E-state index in [9.17, 15) is 22.8 Å². The molecule has 0 radical (unpaired) electrons. The largest absolute Gasteiger partial charge is 0.417 e. The maximum absolute atomic E-state index is 13.5. The standard InChI is InChI=1S/C22H27F3N2O2/c23-22(24,25)19(16-8-3-1-4-9-16)14-20(28)27-13-7-10-17(15-27)21(29)26-18-11-5-2-6-12-18/h1,3-4,8-9,14,17-18H,2,5-7,10-13,15H2,(H,26,29)/b19-14-. The summed E-state index contributed by atoms with van der Waals surface area (Å²) in [7, 11) is 0. The second-order valence-electron chi connectivity index (χ2n) is 7.89. The van der Waals surface area contributed by atoms with Crippen molar-refractivity contribution in [3.63, 3.8) is 0 Å². The number of nitrogens with zero attached hydrogens (tertiary/aromatic N) is 1. The van der Waals surface area contributed by atoms with Gasteiger partial charge in [-0.15, -0.1) is 0 Å². The average Bonchev–Trinajstić information content (AvgIpc) is 2.72. The Morgan fingerprint density at radius 2 is 1.69 bits per heavy atom. The van der Waals surface area contributed by atoms with Gasteiger partial charge in [-0.25, -0.2) is 0 Å². The summed E-state index contributed by atoms with van der Waals surface area (Å²) >= 11 is 0. The van der Waals surface area contributed by atoms with Crippen molar-refractivity contribution in [3.8, 4) is 0 Å². The molecule has 1 aliphatic carbocycles. The lowest BCUT2D eigenvalue weighted by Gasteiger charge is -2.33. The number of halogens is 3. The number of likely N-dealkylation sites (tertiary alicyclic amines) is 1. The Morgan fingerprint density at radius 1 is 1.00 bits per heavy atom. The number of amides is 2. The molecule has 29 heavy (non-hydrogen) atoms. The van der Waals surface area contributed by atoms with Crippen LogP contribution < -0.4 is 5.32 Å². The van der Waals surface area contributed by atoms with Gasteiger partial charge in [0, 0.05) is 25.2 Å². The fourth-order valence-corrected chi connectivity index (χ4v) is 4.12. The summed E-state index contributed by atoms with van der Waals surface area (Å²) in [6.07, 6.45) is 2.61. The van der Waals surface area contributed by atoms with E-state index in [0.717, 1.165) is 25.7 Å². The van der Waals surface area contributed by atoms with Crippen molar-refractivity contribution in [2.75, 3.05) is 13.1 Å². The van der Waals surface area contributed by atoms with Crippen LogP contribution in [0.4, 0.5) is 13.2 Å². The molecule has 1 saturated carbocycles. The summed E-state index contributed by atoms with van der Waals surface area (Å²) in [6.45, 7) is 0.524. The van der Waals surface area contributed by atoms with E-state index in [1.165, 1.54) is 35.6 Å². The van der Waals surface area contributed by atoms with Crippen molar-refractivity contribution in [1.82, 2.24) is 10.2 Å². The summed E-state index contributed by atoms with van der Waals surface area (Å²) in [5, 5.41) is 3.07. The van der Waals surface area contributed by atoms with Gasteiger partial charge in [0.1, 0.15) is 0 Å². The number of allylic oxidation sites excluding steroid dienone is 1. The lowest BCUT2D eigenvalue weighted by molar-refractivity contribution is -0.132. The molecule has 1 unspecified atom stereocenters. The van der Waals surface area contributed by atoms with Crippen LogP contribution in [0, 0.1) is 5.92 Å². The second kappa shape index (κ2) is 9.46. The topological polar surface area (TPSA) is 49.4 Å². The molecule has 158 valence electrons. The molecule has 7 heteroatoms. The van der Waals surface area contributed by atoms with Gasteiger partial charge in [-0.2, -0.15) is 13.2 Å². The first-order valence-corrected chi connectivity index (χ1v) is 10.3. The van der Waals surface area contributed by atoms with Crippen LogP contribution in [0.3, 0.4) is 0 Å². The predicted octanol–water partition coefficient (Wildman–Crippen LogP) is 4.32. The Kier molecular flexibility index (Phi) is 6.98. The molecule has 1 aliphatic heterocycles. The van der Waals surface area contributed by atoms with Crippen molar-refractivity contribution in [3.05, 3.63) is 42.0 Å². The lowest BCUT2D eigenvalue weighted by atomic mass is 9.93. The predicted molar refractivity (Wildman–Crippen MR) is 105 cm³/mol. The number of piperidine rings is 1. The summed E-state index contributed by atoms with van der Waals surface area (Å²) in [5.41, 5.74) is -1.01. The Bertz CT molecular complexity index is 740. The van der Waals surface area contributed by atoms with E-state index >= 15 is 0 Å². The minimum absolute atomic E-state index is 0.0445. The first kappa shape index (κ1) is 21.4. The molecule has 1 aromatic carbocycles. The highest BCUT2D eigenvalue weighted by molar-refractivity contribution is 5.96. The highest BCUT2D eigenvalue weighted by atomic mass is 19.4. The SMILES string of the molecule is O=C(NC1CCCCC1)C1CCCN(C(=O)/C=C(/c2ccccc2)C(F)(F)F)C1. The van der Waals surface area contributed by atoms with E-state index in [1.54, 1.807) is 6.07 Å². The normalized spacial score (nSPS) is 21.7. The van der Waals surface area contributed by atoms with E-state index in [2.05, 4.69) is 5.32 Å². The summed E-state index contributed by atoms with van der Waals surface area (Å²) in [6, 6.07) is 7.49. The minimum atomic E-state index is -4.63. The van der Waals surface area contributed by atoms with Crippen molar-refractivity contribution >= 4 is 17.4 Å². The molecule has 1 saturated heterocycles. The Labute approximate surface area is 169 Å². The molecule has 3 rings (SSSR count). The van der Waals surface area contributed by atoms with Gasteiger partial charge in [0.2, 0.25) is 11.8 Å². The molecule has 1 aromatic rings. The number of carbonyl (C=O) groups excluding carboxylic acids is 2. The number of carbonyl (C=O) groups is 2. The lowest BCUT2D eigenvalue weighted by Crippen LogP contribution is -2.47. The molecule has 1 N–H and O–H groups in total. The zero-order valence-electron chi connectivity index (χ0n) is 16.4. The maximum atomic E-state index is 13.5. The monoisotopic (exact) mass is 408 g/mol. The van der Waals surface area contributed by atoms with Crippen LogP contribution in [0.15, 0.2) is 36.4 Å². The second-order valence-corrected chi connectivity index (χ2v) is 7.89. The first-order chi connectivity index (χ1) is 13.8. The highest BCUT2D eigenvalue weighted by Crippen LogP contribution is 2.34. The summed E-state index contributed by atoms with van der Waals surface area (Å²) in [5.74, 6) is -1.15. The average molecular weight is 408 g/mol. The van der Waals surface area contributed by atoms with Crippen LogP contribution in [-0.4, -0.2) is 42.0 Å². The molecule has 1 atom stereocenters. The minimum Gasteiger partial charge on any atom is -0.353 e. The van der Waals surface area contributed by atoms with Crippen LogP contribution >= 0.6 is 0 Å². The number of alkyl halides is 3. The van der Waals surface area contributed by atoms with Gasteiger partial charge in [0.15, 0.2) is 0 Å². The Morgan fingerprint density at radius 3 is 2.34 bits per heavy atom. The number of hydrogen-bond donors (Lipinski definition) is 1. The van der Waals surface area contributed by atoms with Crippen molar-refractivity contribution in [2.24, 2.45) is 5.92 Å². The first-order valence-electron chi connectivity index (χ1n) is 10.3. The molecule has 1 heterocycles. The van der Waals surface area contributed by atoms with Crippen molar-refractivity contribution < 1.29 is 22.8 Å². The van der Waals surface area contributed by atoms with E-state index in [4.69, 9.17) is 0 Å². The zero-order chi connectivity index (χ0) is 20.9. The van der Waals surface area contributed by atoms with E-state index < -0.39 is 17.7 Å². The molecule has 0 aromatic heterocycles. The molecule has 0 bridgehead atoms. The Hall–Kier alpha value is -2.31. The van der Waals surface area contributed by atoms with Crippen molar-refractivity contribution in [1.29, 1.82) is 0 Å². The molecule has 2 amide bonds. The number of nitrogens with one attached hydrogen (secondary N) is 1. The molecule has 4 nitrogen and oxygen atoms in total. The molecule has 2 aliphatic rings. The van der Waals surface area contributed by atoms with Gasteiger partial charge in [-0.05, 0) is 31.2 Å². The fraction of sp³-hybridized carbons (Fsp3) is 0.545. The molecular formula is C22H27F3N2O2. The van der Waals surface area contributed by atoms with Crippen LogP contribution in [0.2, 0.25) is 0 Å². The number of rotatable bonds is 4. The molecule has 2 fully saturated rings. The maximum Gasteiger partial charge on any atom is 0.417 e. The number of benzene rings is 1. The van der Waals surface area contributed by atoms with E-state index in [-0.39, 0.29) is 30.0 Å². The van der Waals surface area contributed by atoms with Gasteiger partial charge in [-0.1, -0.05) is 49.6 Å². The zero-order valence-corrected chi connectivity index (χ0v) is 16.4. The third-order valence-electron chi connectivity index (χ3n) is 5.71. The van der Waals surface area contributed by atoms with Gasteiger partial charge >= 0.3 is 6.18 Å². The van der Waals surface area contributed by atoms with Crippen molar-refractivity contribution in [2.45, 2.75) is 57.2 Å². The third kappa shape index (κ3) is 5.84. The van der Waals surface area contributed by atoms with Gasteiger partial charge in [0.05, 0.1) is 11.5 Å². The summed E-state index contributed by atoms with van der Waals surface area (Å²) < 4.78 is 40.5. The van der Waals surface area contributed by atoms with Crippen LogP contribution in [0.1, 0.15) is 50.5 Å². The fourth-order valence-electron chi connectivity index (χ4n) is 4.12. The summed E-state index contributed by atoms with van der Waals surface area (Å²) in [4.78, 5) is 26.6. The van der Waals surface area contributed by atoms with Crippen LogP contribution in [-0.2, 0) is 9.59 Å². The highest BCUT2D eigenvalue weighted by Gasteiger charge is 2.36. The quantitative estimate of drug-likeness (QED) is 0.755. The van der Waals surface area contributed by atoms with E-state index in [1.807, 2.05) is 0 Å². The van der Waals surface area contributed by atoms with Gasteiger partial charge < -0.3 is 10.2 Å².